The van der Waals surface area contributed by atoms with E-state index in [-0.39, 0.29) is 0 Å². The molecule has 0 atom stereocenters. The lowest BCUT2D eigenvalue weighted by Crippen LogP contribution is -1.96. The van der Waals surface area contributed by atoms with Gasteiger partial charge in [-0.3, -0.25) is 8.97 Å². The van der Waals surface area contributed by atoms with Crippen LogP contribution in [0.15, 0.2) is 218 Å². The van der Waals surface area contributed by atoms with Gasteiger partial charge in [-0.15, -0.1) is 0 Å². The monoisotopic (exact) mass is 764 g/mol. The molecular weight excluding hydrogens is 729 g/mol. The Bertz CT molecular complexity index is 3480. The first-order valence-corrected chi connectivity index (χ1v) is 20.4. The summed E-state index contributed by atoms with van der Waals surface area (Å²) in [7, 11) is 0. The number of rotatable bonds is 6. The summed E-state index contributed by atoms with van der Waals surface area (Å²) < 4.78 is 4.84. The maximum Gasteiger partial charge on any atom is 0.160 e. The Hall–Kier alpha value is -8.08. The van der Waals surface area contributed by atoms with Gasteiger partial charge < -0.3 is 0 Å². The summed E-state index contributed by atoms with van der Waals surface area (Å²) in [6.45, 7) is 0. The number of hydrogen-bond donors (Lipinski definition) is 0. The lowest BCUT2D eigenvalue weighted by atomic mass is 10.0. The smallest absolute Gasteiger partial charge is 0.160 e. The van der Waals surface area contributed by atoms with Crippen LogP contribution in [0.3, 0.4) is 0 Å². The molecule has 12 rings (SSSR count). The van der Waals surface area contributed by atoms with E-state index in [1.54, 1.807) is 0 Å². The number of hydrogen-bond acceptors (Lipinski definition) is 2. The van der Waals surface area contributed by atoms with Gasteiger partial charge in [0.25, 0.3) is 0 Å². The predicted molar refractivity (Wildman–Crippen MR) is 250 cm³/mol. The largest absolute Gasteiger partial charge is 0.293 e. The Morgan fingerprint density at radius 1 is 0.317 bits per heavy atom. The second-order valence-electron chi connectivity index (χ2n) is 15.5. The first kappa shape index (κ1) is 34.0. The van der Waals surface area contributed by atoms with Crippen molar-refractivity contribution in [2.45, 2.75) is 0 Å². The number of para-hydroxylation sites is 3. The zero-order valence-electron chi connectivity index (χ0n) is 32.6. The Balaban J connectivity index is 0.941. The number of aromatic nitrogens is 4. The van der Waals surface area contributed by atoms with Crippen LogP contribution in [0.5, 0.6) is 0 Å². The molecule has 0 N–H and O–H groups in total. The van der Waals surface area contributed by atoms with Crippen molar-refractivity contribution in [2.24, 2.45) is 0 Å². The van der Waals surface area contributed by atoms with Gasteiger partial charge in [0, 0.05) is 33.3 Å². The molecule has 0 bridgehead atoms. The average Bonchev–Trinajstić information content (AvgIpc) is 3.84. The molecule has 0 spiro atoms. The molecule has 3 heterocycles. The van der Waals surface area contributed by atoms with Crippen LogP contribution < -0.4 is 0 Å². The third-order valence-corrected chi connectivity index (χ3v) is 11.9. The second-order valence-corrected chi connectivity index (χ2v) is 15.5. The minimum absolute atomic E-state index is 0.707. The Labute approximate surface area is 346 Å². The zero-order chi connectivity index (χ0) is 39.6. The first-order valence-electron chi connectivity index (χ1n) is 20.4. The van der Waals surface area contributed by atoms with E-state index in [1.165, 1.54) is 54.6 Å². The maximum atomic E-state index is 5.19. The highest BCUT2D eigenvalue weighted by molar-refractivity contribution is 6.09. The third kappa shape index (κ3) is 5.61. The Morgan fingerprint density at radius 2 is 0.817 bits per heavy atom. The molecule has 0 radical (unpaired) electrons. The first-order chi connectivity index (χ1) is 29.7. The molecule has 0 aliphatic rings. The van der Waals surface area contributed by atoms with Gasteiger partial charge in [-0.25, -0.2) is 9.97 Å². The number of benzene rings is 9. The van der Waals surface area contributed by atoms with Gasteiger partial charge in [-0.05, 0) is 86.8 Å². The van der Waals surface area contributed by atoms with Crippen LogP contribution >= 0.6 is 0 Å². The van der Waals surface area contributed by atoms with Crippen molar-refractivity contribution in [1.29, 1.82) is 0 Å². The molecule has 9 aromatic carbocycles. The minimum Gasteiger partial charge on any atom is -0.293 e. The Morgan fingerprint density at radius 3 is 1.52 bits per heavy atom. The molecule has 0 aliphatic carbocycles. The standard InChI is InChI=1S/C56H36N4/c1-2-14-42(15-3-1)54-48-18-8-9-19-51(48)60-53-21-11-10-20-52(53)59(56(54)60)47-32-30-40(31-33-47)39-22-26-41(27-23-39)49-36-50(45-28-24-37-12-4-6-16-43(37)34-45)58-55(57-49)46-29-25-38-13-5-7-17-44(38)35-46/h1-36H. The van der Waals surface area contributed by atoms with Gasteiger partial charge in [0.1, 0.15) is 5.65 Å². The average molecular weight is 765 g/mol. The fraction of sp³-hybridized carbons (Fsp3) is 0. The van der Waals surface area contributed by atoms with Crippen molar-refractivity contribution < 1.29 is 0 Å². The summed E-state index contributed by atoms with van der Waals surface area (Å²) in [5.74, 6) is 0.707. The lowest BCUT2D eigenvalue weighted by molar-refractivity contribution is 1.15. The van der Waals surface area contributed by atoms with E-state index in [0.29, 0.717) is 5.82 Å². The zero-order valence-corrected chi connectivity index (χ0v) is 32.6. The van der Waals surface area contributed by atoms with Crippen molar-refractivity contribution in [3.05, 3.63) is 218 Å². The molecule has 4 nitrogen and oxygen atoms in total. The van der Waals surface area contributed by atoms with E-state index in [9.17, 15) is 0 Å². The van der Waals surface area contributed by atoms with Crippen molar-refractivity contribution in [2.75, 3.05) is 0 Å². The third-order valence-electron chi connectivity index (χ3n) is 11.9. The number of fused-ring (bicyclic) bond motifs is 7. The van der Waals surface area contributed by atoms with Gasteiger partial charge in [-0.2, -0.15) is 0 Å². The van der Waals surface area contributed by atoms with E-state index in [0.717, 1.165) is 50.5 Å². The van der Waals surface area contributed by atoms with Crippen LogP contribution in [-0.2, 0) is 0 Å². The summed E-state index contributed by atoms with van der Waals surface area (Å²) >= 11 is 0. The molecule has 4 heteroatoms. The molecule has 0 amide bonds. The summed E-state index contributed by atoms with van der Waals surface area (Å²) in [4.78, 5) is 10.4. The van der Waals surface area contributed by atoms with Gasteiger partial charge in [0.2, 0.25) is 0 Å². The van der Waals surface area contributed by atoms with E-state index in [1.807, 2.05) is 0 Å². The van der Waals surface area contributed by atoms with Crippen LogP contribution in [0, 0.1) is 0 Å². The van der Waals surface area contributed by atoms with Crippen LogP contribution in [0.25, 0.3) is 111 Å². The van der Waals surface area contributed by atoms with Crippen molar-refractivity contribution in [3.63, 3.8) is 0 Å². The maximum absolute atomic E-state index is 5.19. The summed E-state index contributed by atoms with van der Waals surface area (Å²) in [5.41, 5.74) is 15.4. The normalized spacial score (nSPS) is 11.7. The minimum atomic E-state index is 0.707. The van der Waals surface area contributed by atoms with Crippen LogP contribution in [-0.4, -0.2) is 18.9 Å². The molecule has 0 saturated heterocycles. The molecule has 12 aromatic rings. The highest BCUT2D eigenvalue weighted by Crippen LogP contribution is 2.41. The summed E-state index contributed by atoms with van der Waals surface area (Å²) in [6, 6.07) is 78.0. The molecule has 60 heavy (non-hydrogen) atoms. The molecular formula is C56H36N4. The molecule has 0 aliphatic heterocycles. The lowest BCUT2D eigenvalue weighted by Gasteiger charge is -2.12. The van der Waals surface area contributed by atoms with Crippen LogP contribution in [0.2, 0.25) is 0 Å². The predicted octanol–water partition coefficient (Wildman–Crippen LogP) is 14.5. The van der Waals surface area contributed by atoms with E-state index in [2.05, 4.69) is 227 Å². The van der Waals surface area contributed by atoms with Crippen LogP contribution in [0.1, 0.15) is 0 Å². The van der Waals surface area contributed by atoms with Gasteiger partial charge >= 0.3 is 0 Å². The van der Waals surface area contributed by atoms with Crippen molar-refractivity contribution in [3.8, 4) is 61.8 Å². The topological polar surface area (TPSA) is 35.1 Å². The fourth-order valence-electron chi connectivity index (χ4n) is 8.97. The van der Waals surface area contributed by atoms with Gasteiger partial charge in [-0.1, -0.05) is 170 Å². The van der Waals surface area contributed by atoms with E-state index < -0.39 is 0 Å². The number of imidazole rings is 1. The van der Waals surface area contributed by atoms with Gasteiger partial charge in [0.15, 0.2) is 5.82 Å². The summed E-state index contributed by atoms with van der Waals surface area (Å²) in [6.07, 6.45) is 0. The second kappa shape index (κ2) is 13.8. The number of nitrogens with zero attached hydrogens (tertiary/aromatic N) is 4. The Kier molecular flexibility index (Phi) is 7.82. The molecule has 0 fully saturated rings. The highest BCUT2D eigenvalue weighted by atomic mass is 15.1. The van der Waals surface area contributed by atoms with Crippen molar-refractivity contribution in [1.82, 2.24) is 18.9 Å². The molecule has 280 valence electrons. The quantitative estimate of drug-likeness (QED) is 0.169. The van der Waals surface area contributed by atoms with E-state index in [4.69, 9.17) is 9.97 Å². The van der Waals surface area contributed by atoms with Crippen LogP contribution in [0.4, 0.5) is 0 Å². The molecule has 0 saturated carbocycles. The summed E-state index contributed by atoms with van der Waals surface area (Å²) in [5, 5.41) is 6.00. The SMILES string of the molecule is c1ccc(-c2c3ccccc3n3c4ccccc4n(-c4ccc(-c5ccc(-c6cc(-c7ccc8ccccc8c7)nc(-c7ccc8ccccc8c7)n6)cc5)cc4)c23)cc1. The highest BCUT2D eigenvalue weighted by Gasteiger charge is 2.22. The van der Waals surface area contributed by atoms with Crippen molar-refractivity contribution >= 4 is 49.1 Å². The molecule has 3 aromatic heterocycles. The van der Waals surface area contributed by atoms with Gasteiger partial charge in [0.05, 0.1) is 27.9 Å². The fourth-order valence-corrected chi connectivity index (χ4v) is 8.97. The molecule has 0 unspecified atom stereocenters. The van der Waals surface area contributed by atoms with E-state index >= 15 is 0 Å².